The molecule has 31 heavy (non-hydrogen) atoms. The maximum absolute atomic E-state index is 13.4. The second-order valence-electron chi connectivity index (χ2n) is 5.58. The lowest BCUT2D eigenvalue weighted by molar-refractivity contribution is -0.452. The van der Waals surface area contributed by atoms with E-state index in [1.54, 1.807) is 0 Å². The summed E-state index contributed by atoms with van der Waals surface area (Å²) in [5, 5.41) is 4.96. The van der Waals surface area contributed by atoms with E-state index in [1.807, 2.05) is 0 Å². The van der Waals surface area contributed by atoms with Crippen molar-refractivity contribution in [2.45, 2.75) is 54.6 Å². The van der Waals surface area contributed by atoms with Crippen LogP contribution in [0.1, 0.15) is 12.8 Å². The molecule has 0 fully saturated rings. The number of aliphatic hydroxyl groups excluding tert-OH is 1. The first-order chi connectivity index (χ1) is 13.3. The van der Waals surface area contributed by atoms with Gasteiger partial charge in [0.2, 0.25) is 5.12 Å². The van der Waals surface area contributed by atoms with Crippen LogP contribution in [-0.2, 0) is 9.59 Å². The van der Waals surface area contributed by atoms with Crippen LogP contribution in [0.5, 0.6) is 0 Å². The van der Waals surface area contributed by atoms with Gasteiger partial charge in [0.05, 0.1) is 0 Å². The van der Waals surface area contributed by atoms with Crippen LogP contribution in [0.15, 0.2) is 0 Å². The summed E-state index contributed by atoms with van der Waals surface area (Å²) in [5.74, 6) is -47.2. The maximum Gasteiger partial charge on any atom is 0.460 e. The minimum atomic E-state index is -8.39. The van der Waals surface area contributed by atoms with Gasteiger partial charge in [-0.05, 0) is 11.8 Å². The number of hydrogen-bond acceptors (Lipinski definition) is 4. The number of halogens is 15. The largest absolute Gasteiger partial charge is 0.460 e. The highest BCUT2D eigenvalue weighted by Crippen LogP contribution is 2.62. The summed E-state index contributed by atoms with van der Waals surface area (Å²) in [5.41, 5.74) is 0. The molecule has 0 saturated heterocycles. The molecule has 0 rings (SSSR count). The monoisotopic (exact) mass is 516 g/mol. The fourth-order valence-electron chi connectivity index (χ4n) is 1.63. The van der Waals surface area contributed by atoms with Crippen molar-refractivity contribution in [2.75, 3.05) is 6.61 Å². The molecule has 0 saturated carbocycles. The number of carbonyl (C=O) groups is 2. The SMILES string of the molecule is O=C(CO)SC(=O)CCC(F)(F)C(F)(F)C(F)(F)C(F)(F)C(F)(F)C(F)(F)C(F)(F)F. The van der Waals surface area contributed by atoms with E-state index in [-0.39, 0.29) is 0 Å². The van der Waals surface area contributed by atoms with Crippen molar-refractivity contribution in [3.63, 3.8) is 0 Å². The minimum absolute atomic E-state index is 0.612. The Kier molecular flexibility index (Phi) is 8.12. The molecule has 0 aliphatic rings. The van der Waals surface area contributed by atoms with Crippen LogP contribution in [0.3, 0.4) is 0 Å². The van der Waals surface area contributed by atoms with Crippen molar-refractivity contribution >= 4 is 22.0 Å². The summed E-state index contributed by atoms with van der Waals surface area (Å²) >= 11 is -0.612. The normalized spacial score (nSPS) is 15.2. The van der Waals surface area contributed by atoms with E-state index in [9.17, 15) is 75.4 Å². The molecular weight excluding hydrogens is 509 g/mol. The first kappa shape index (κ1) is 29.6. The molecule has 0 aliphatic carbocycles. The van der Waals surface area contributed by atoms with Gasteiger partial charge in [0, 0.05) is 12.8 Å². The number of hydrogen-bond donors (Lipinski definition) is 1. The number of carbonyl (C=O) groups excluding carboxylic acids is 2. The Morgan fingerprint density at radius 1 is 0.581 bits per heavy atom. The summed E-state index contributed by atoms with van der Waals surface area (Å²) in [7, 11) is 0. The Balaban J connectivity index is 6.09. The molecule has 0 aliphatic heterocycles. The van der Waals surface area contributed by atoms with Crippen LogP contribution < -0.4 is 0 Å². The van der Waals surface area contributed by atoms with E-state index in [0.717, 1.165) is 0 Å². The van der Waals surface area contributed by atoms with Crippen LogP contribution in [0.4, 0.5) is 65.9 Å². The molecule has 1 N–H and O–H groups in total. The first-order valence-corrected chi connectivity index (χ1v) is 7.84. The van der Waals surface area contributed by atoms with E-state index in [0.29, 0.717) is 0 Å². The number of alkyl halides is 15. The van der Waals surface area contributed by atoms with E-state index >= 15 is 0 Å². The molecule has 0 aromatic heterocycles. The van der Waals surface area contributed by atoms with Crippen molar-refractivity contribution in [1.82, 2.24) is 0 Å². The van der Waals surface area contributed by atoms with Crippen molar-refractivity contribution in [3.8, 4) is 0 Å². The first-order valence-electron chi connectivity index (χ1n) is 7.03. The van der Waals surface area contributed by atoms with Gasteiger partial charge in [-0.25, -0.2) is 0 Å². The third-order valence-corrected chi connectivity index (χ3v) is 4.18. The Morgan fingerprint density at radius 2 is 0.935 bits per heavy atom. The van der Waals surface area contributed by atoms with Crippen molar-refractivity contribution in [2.24, 2.45) is 0 Å². The second-order valence-corrected chi connectivity index (χ2v) is 6.69. The van der Waals surface area contributed by atoms with Crippen molar-refractivity contribution in [1.29, 1.82) is 0 Å². The number of rotatable bonds is 9. The fourth-order valence-corrected chi connectivity index (χ4v) is 2.15. The smallest absolute Gasteiger partial charge is 0.388 e. The van der Waals surface area contributed by atoms with Crippen LogP contribution in [0.25, 0.3) is 0 Å². The van der Waals surface area contributed by atoms with Crippen LogP contribution in [0, 0.1) is 0 Å². The van der Waals surface area contributed by atoms with Gasteiger partial charge in [-0.3, -0.25) is 9.59 Å². The zero-order valence-corrected chi connectivity index (χ0v) is 14.8. The van der Waals surface area contributed by atoms with Gasteiger partial charge >= 0.3 is 41.7 Å². The van der Waals surface area contributed by atoms with Gasteiger partial charge in [0.25, 0.3) is 0 Å². The van der Waals surface area contributed by atoms with Gasteiger partial charge in [-0.1, -0.05) is 0 Å². The summed E-state index contributed by atoms with van der Waals surface area (Å²) in [4.78, 5) is 21.6. The van der Waals surface area contributed by atoms with Gasteiger partial charge in [-0.15, -0.1) is 0 Å². The maximum atomic E-state index is 13.4. The van der Waals surface area contributed by atoms with E-state index in [1.165, 1.54) is 0 Å². The van der Waals surface area contributed by atoms with Gasteiger partial charge in [0.1, 0.15) is 6.61 Å². The van der Waals surface area contributed by atoms with Gasteiger partial charge < -0.3 is 5.11 Å². The zero-order valence-electron chi connectivity index (χ0n) is 14.0. The van der Waals surface area contributed by atoms with Crippen molar-refractivity contribution in [3.05, 3.63) is 0 Å². The van der Waals surface area contributed by atoms with Crippen LogP contribution in [-0.4, -0.2) is 63.7 Å². The average molecular weight is 516 g/mol. The molecule has 0 aromatic rings. The summed E-state index contributed by atoms with van der Waals surface area (Å²) in [6, 6.07) is 0. The topological polar surface area (TPSA) is 54.4 Å². The van der Waals surface area contributed by atoms with E-state index in [2.05, 4.69) is 0 Å². The van der Waals surface area contributed by atoms with Crippen LogP contribution >= 0.6 is 11.8 Å². The molecule has 0 spiro atoms. The summed E-state index contributed by atoms with van der Waals surface area (Å²) in [6.07, 6.45) is -12.5. The lowest BCUT2D eigenvalue weighted by Gasteiger charge is -2.41. The Bertz CT molecular complexity index is 685. The summed E-state index contributed by atoms with van der Waals surface area (Å²) in [6.45, 7) is -1.39. The Morgan fingerprint density at radius 3 is 1.29 bits per heavy atom. The van der Waals surface area contributed by atoms with E-state index in [4.69, 9.17) is 5.11 Å². The quantitative estimate of drug-likeness (QED) is 0.443. The highest BCUT2D eigenvalue weighted by molar-refractivity contribution is 8.26. The lowest BCUT2D eigenvalue weighted by Crippen LogP contribution is -2.72. The van der Waals surface area contributed by atoms with Gasteiger partial charge in [-0.2, -0.15) is 65.9 Å². The number of aliphatic hydroxyl groups is 1. The molecule has 0 heterocycles. The van der Waals surface area contributed by atoms with Gasteiger partial charge in [0.15, 0.2) is 5.12 Å². The molecular formula is C12H7F15O3S. The molecule has 0 unspecified atom stereocenters. The molecule has 3 nitrogen and oxygen atoms in total. The average Bonchev–Trinajstić information content (AvgIpc) is 2.57. The van der Waals surface area contributed by atoms with Crippen LogP contribution in [0.2, 0.25) is 0 Å². The standard InChI is InChI=1S/C12H7F15O3S/c13-6(14,2-1-4(29)31-5(30)3-28)7(15,16)8(17,18)9(19,20)10(21,22)11(23,24)12(25,26)27/h28H,1-3H2. The molecule has 0 bridgehead atoms. The Labute approximate surface area is 164 Å². The highest BCUT2D eigenvalue weighted by atomic mass is 32.2. The summed E-state index contributed by atoms with van der Waals surface area (Å²) < 4.78 is 194. The predicted octanol–water partition coefficient (Wildman–Crippen LogP) is 4.92. The second kappa shape index (κ2) is 8.51. The number of thioether (sulfide) groups is 1. The fraction of sp³-hybridized carbons (Fsp3) is 0.833. The van der Waals surface area contributed by atoms with E-state index < -0.39 is 83.2 Å². The molecule has 19 heteroatoms. The lowest BCUT2D eigenvalue weighted by atomic mass is 9.90. The third kappa shape index (κ3) is 4.85. The minimum Gasteiger partial charge on any atom is -0.388 e. The highest BCUT2D eigenvalue weighted by Gasteiger charge is 2.93. The Hall–Kier alpha value is -1.40. The predicted molar refractivity (Wildman–Crippen MR) is 69.7 cm³/mol. The zero-order chi connectivity index (χ0) is 25.5. The third-order valence-electron chi connectivity index (χ3n) is 3.39. The van der Waals surface area contributed by atoms with Crippen molar-refractivity contribution < 1.29 is 80.6 Å². The molecule has 0 aromatic carbocycles. The molecule has 0 atom stereocenters. The molecule has 184 valence electrons. The molecule has 0 amide bonds. The molecule has 0 radical (unpaired) electrons.